The average Bonchev–Trinajstić information content (AvgIpc) is 3.54. The Labute approximate surface area is 219 Å². The molecule has 0 aliphatic carbocycles. The van der Waals surface area contributed by atoms with E-state index in [9.17, 15) is 8.42 Å². The molecular formula is C25H27BrClN5O2S. The normalized spacial score (nSPS) is 18.1. The van der Waals surface area contributed by atoms with Crippen molar-refractivity contribution in [2.45, 2.75) is 39.7 Å². The number of halogens is 2. The molecule has 1 atom stereocenters. The van der Waals surface area contributed by atoms with Gasteiger partial charge in [-0.25, -0.2) is 13.4 Å². The highest BCUT2D eigenvalue weighted by molar-refractivity contribution is 9.10. The summed E-state index contributed by atoms with van der Waals surface area (Å²) in [5.41, 5.74) is 7.73. The summed E-state index contributed by atoms with van der Waals surface area (Å²) in [7, 11) is -3.19. The van der Waals surface area contributed by atoms with Crippen molar-refractivity contribution in [3.8, 4) is 5.69 Å². The molecule has 1 aromatic carbocycles. The minimum absolute atomic E-state index is 0.0173. The maximum Gasteiger partial charge on any atom is 0.213 e. The molecule has 2 aliphatic rings. The number of nitrogens with one attached hydrogen (secondary N) is 1. The van der Waals surface area contributed by atoms with Crippen LogP contribution in [-0.4, -0.2) is 52.9 Å². The molecule has 5 rings (SSSR count). The van der Waals surface area contributed by atoms with Crippen LogP contribution in [0.5, 0.6) is 0 Å². The van der Waals surface area contributed by atoms with Gasteiger partial charge in [0.25, 0.3) is 0 Å². The second kappa shape index (κ2) is 9.35. The third kappa shape index (κ3) is 4.43. The van der Waals surface area contributed by atoms with Gasteiger partial charge in [0.1, 0.15) is 5.69 Å². The summed E-state index contributed by atoms with van der Waals surface area (Å²) < 4.78 is 29.1. The Morgan fingerprint density at radius 2 is 2.03 bits per heavy atom. The maximum absolute atomic E-state index is 12.3. The van der Waals surface area contributed by atoms with Gasteiger partial charge < -0.3 is 9.88 Å². The molecule has 0 amide bonds. The molecule has 184 valence electrons. The van der Waals surface area contributed by atoms with Crippen LogP contribution in [0, 0.1) is 13.8 Å². The van der Waals surface area contributed by atoms with Crippen molar-refractivity contribution < 1.29 is 8.42 Å². The van der Waals surface area contributed by atoms with Crippen molar-refractivity contribution in [3.63, 3.8) is 0 Å². The summed E-state index contributed by atoms with van der Waals surface area (Å²) in [6, 6.07) is 9.99. The largest absolute Gasteiger partial charge is 0.378 e. The lowest BCUT2D eigenvalue weighted by Crippen LogP contribution is -2.32. The number of aliphatic imine (C=N–C) groups is 1. The summed E-state index contributed by atoms with van der Waals surface area (Å²) in [6.07, 6.45) is 3.17. The van der Waals surface area contributed by atoms with Gasteiger partial charge in [-0.2, -0.15) is 4.31 Å². The zero-order valence-corrected chi connectivity index (χ0v) is 23.0. The number of para-hydroxylation sites is 1. The van der Waals surface area contributed by atoms with E-state index in [4.69, 9.17) is 16.6 Å². The number of hydrogen-bond donors (Lipinski definition) is 1. The number of benzene rings is 1. The van der Waals surface area contributed by atoms with Crippen LogP contribution < -0.4 is 5.32 Å². The predicted molar refractivity (Wildman–Crippen MR) is 145 cm³/mol. The third-order valence-electron chi connectivity index (χ3n) is 6.76. The van der Waals surface area contributed by atoms with Gasteiger partial charge in [-0.15, -0.1) is 0 Å². The van der Waals surface area contributed by atoms with E-state index >= 15 is 0 Å². The summed E-state index contributed by atoms with van der Waals surface area (Å²) >= 11 is 10.1. The van der Waals surface area contributed by atoms with Crippen LogP contribution in [0.4, 0.5) is 11.4 Å². The second-order valence-electron chi connectivity index (χ2n) is 8.97. The SMILES string of the molecule is CCS(=O)(=O)N1CCC(Nc2c(Br)cnc3c2N=C(c2cc(C)n(-c4ccccc4Cl)c2C)C3)C1. The first-order chi connectivity index (χ1) is 16.7. The minimum atomic E-state index is -3.19. The van der Waals surface area contributed by atoms with Crippen molar-refractivity contribution in [3.05, 3.63) is 68.7 Å². The number of pyridine rings is 1. The molecule has 3 aromatic rings. The third-order valence-corrected chi connectivity index (χ3v) is 9.53. The fourth-order valence-electron chi connectivity index (χ4n) is 4.94. The molecular weight excluding hydrogens is 550 g/mol. The first-order valence-corrected chi connectivity index (χ1v) is 14.4. The van der Waals surface area contributed by atoms with Crippen molar-refractivity contribution in [2.24, 2.45) is 4.99 Å². The van der Waals surface area contributed by atoms with Gasteiger partial charge in [-0.3, -0.25) is 4.98 Å². The highest BCUT2D eigenvalue weighted by Crippen LogP contribution is 2.41. The van der Waals surface area contributed by atoms with E-state index < -0.39 is 10.0 Å². The molecule has 2 aliphatic heterocycles. The molecule has 1 saturated heterocycles. The summed E-state index contributed by atoms with van der Waals surface area (Å²) in [4.78, 5) is 9.66. The van der Waals surface area contributed by atoms with E-state index in [0.29, 0.717) is 24.5 Å². The number of aryl methyl sites for hydroxylation is 1. The van der Waals surface area contributed by atoms with Gasteiger partial charge in [0.05, 0.1) is 38.0 Å². The molecule has 10 heteroatoms. The van der Waals surface area contributed by atoms with E-state index in [2.05, 4.69) is 50.7 Å². The zero-order chi connectivity index (χ0) is 24.9. The molecule has 0 spiro atoms. The van der Waals surface area contributed by atoms with Crippen LogP contribution in [0.3, 0.4) is 0 Å². The van der Waals surface area contributed by atoms with Gasteiger partial charge in [0, 0.05) is 48.7 Å². The van der Waals surface area contributed by atoms with Crippen LogP contribution >= 0.6 is 27.5 Å². The first kappa shape index (κ1) is 24.5. The maximum atomic E-state index is 12.3. The fraction of sp³-hybridized carbons (Fsp3) is 0.360. The standard InChI is InChI=1S/C25H27BrClN5O2S/c1-4-35(33,34)31-10-9-17(14-31)29-24-19(26)13-28-22-12-21(30-25(22)24)18-11-15(2)32(16(18)3)23-8-6-5-7-20(23)27/h5-8,11,13,17H,4,9-10,12,14H2,1-3H3,(H,28,29). The van der Waals surface area contributed by atoms with Crippen molar-refractivity contribution in [2.75, 3.05) is 24.2 Å². The molecule has 0 bridgehead atoms. The van der Waals surface area contributed by atoms with Gasteiger partial charge in [0.2, 0.25) is 10.0 Å². The summed E-state index contributed by atoms with van der Waals surface area (Å²) in [6.45, 7) is 6.82. The van der Waals surface area contributed by atoms with E-state index in [1.165, 1.54) is 0 Å². The summed E-state index contributed by atoms with van der Waals surface area (Å²) in [5, 5.41) is 4.25. The smallest absolute Gasteiger partial charge is 0.213 e. The Bertz CT molecular complexity index is 1450. The van der Waals surface area contributed by atoms with Gasteiger partial charge >= 0.3 is 0 Å². The second-order valence-corrected chi connectivity index (χ2v) is 12.5. The number of anilines is 1. The Kier molecular flexibility index (Phi) is 6.54. The molecule has 1 unspecified atom stereocenters. The Morgan fingerprint density at radius 1 is 1.26 bits per heavy atom. The summed E-state index contributed by atoms with van der Waals surface area (Å²) in [5.74, 6) is 0.119. The molecule has 2 aromatic heterocycles. The highest BCUT2D eigenvalue weighted by Gasteiger charge is 2.32. The number of aromatic nitrogens is 2. The van der Waals surface area contributed by atoms with Crippen molar-refractivity contribution in [1.29, 1.82) is 0 Å². The molecule has 4 heterocycles. The molecule has 0 saturated carbocycles. The molecule has 1 fully saturated rings. The lowest BCUT2D eigenvalue weighted by Gasteiger charge is -2.18. The van der Waals surface area contributed by atoms with Gasteiger partial charge in [-0.1, -0.05) is 23.7 Å². The molecule has 35 heavy (non-hydrogen) atoms. The van der Waals surface area contributed by atoms with Crippen LogP contribution in [0.2, 0.25) is 5.02 Å². The molecule has 1 N–H and O–H groups in total. The lowest BCUT2D eigenvalue weighted by molar-refractivity contribution is 0.476. The quantitative estimate of drug-likeness (QED) is 0.425. The van der Waals surface area contributed by atoms with Crippen molar-refractivity contribution >= 4 is 54.6 Å². The number of nitrogens with zero attached hydrogens (tertiary/aromatic N) is 4. The Hall–Kier alpha value is -2.20. The van der Waals surface area contributed by atoms with E-state index in [1.54, 1.807) is 17.4 Å². The predicted octanol–water partition coefficient (Wildman–Crippen LogP) is 5.42. The zero-order valence-electron chi connectivity index (χ0n) is 19.8. The lowest BCUT2D eigenvalue weighted by atomic mass is 10.1. The number of sulfonamides is 1. The van der Waals surface area contributed by atoms with E-state index in [-0.39, 0.29) is 11.8 Å². The van der Waals surface area contributed by atoms with E-state index in [0.717, 1.165) is 56.3 Å². The number of fused-ring (bicyclic) bond motifs is 1. The average molecular weight is 577 g/mol. The monoisotopic (exact) mass is 575 g/mol. The molecule has 0 radical (unpaired) electrons. The van der Waals surface area contributed by atoms with Crippen LogP contribution in [-0.2, 0) is 16.4 Å². The van der Waals surface area contributed by atoms with Gasteiger partial charge in [-0.05, 0) is 61.3 Å². The van der Waals surface area contributed by atoms with Crippen LogP contribution in [0.1, 0.15) is 36.0 Å². The van der Waals surface area contributed by atoms with Crippen LogP contribution in [0.25, 0.3) is 5.69 Å². The Balaban J connectivity index is 1.46. The Morgan fingerprint density at radius 3 is 2.77 bits per heavy atom. The fourth-order valence-corrected chi connectivity index (χ4v) is 6.72. The van der Waals surface area contributed by atoms with E-state index in [1.807, 2.05) is 24.3 Å². The molecule has 7 nitrogen and oxygen atoms in total. The number of hydrogen-bond acceptors (Lipinski definition) is 5. The number of rotatable bonds is 6. The van der Waals surface area contributed by atoms with Crippen LogP contribution in [0.15, 0.2) is 46.0 Å². The first-order valence-electron chi connectivity index (χ1n) is 11.6. The highest BCUT2D eigenvalue weighted by atomic mass is 79.9. The van der Waals surface area contributed by atoms with Crippen molar-refractivity contribution in [1.82, 2.24) is 13.9 Å². The minimum Gasteiger partial charge on any atom is -0.378 e. The van der Waals surface area contributed by atoms with Gasteiger partial charge in [0.15, 0.2) is 0 Å². The topological polar surface area (TPSA) is 79.6 Å².